The topological polar surface area (TPSA) is 77.0 Å². The third kappa shape index (κ3) is 3.99. The molecule has 2 rings (SSSR count). The third-order valence-electron chi connectivity index (χ3n) is 2.39. The molecule has 0 fully saturated rings. The van der Waals surface area contributed by atoms with Gasteiger partial charge in [-0.1, -0.05) is 11.8 Å². The standard InChI is InChI=1S/C13H14N2O4S/c1-2-18-13(17)19-10-5-3-9(4-6-10)11(16)15-12-14-7-8-20-12/h3-6H,2,7-8H2,1H3,(H,14,15,16). The van der Waals surface area contributed by atoms with Crippen molar-refractivity contribution >= 4 is 29.0 Å². The van der Waals surface area contributed by atoms with Crippen LogP contribution in [0.5, 0.6) is 5.75 Å². The Morgan fingerprint density at radius 3 is 2.70 bits per heavy atom. The Balaban J connectivity index is 1.93. The van der Waals surface area contributed by atoms with Gasteiger partial charge in [0, 0.05) is 11.3 Å². The number of thioether (sulfide) groups is 1. The average molecular weight is 294 g/mol. The maximum atomic E-state index is 11.9. The van der Waals surface area contributed by atoms with Crippen molar-refractivity contribution in [3.05, 3.63) is 29.8 Å². The number of carbonyl (C=O) groups excluding carboxylic acids is 2. The van der Waals surface area contributed by atoms with Crippen molar-refractivity contribution in [2.24, 2.45) is 4.99 Å². The maximum absolute atomic E-state index is 11.9. The van der Waals surface area contributed by atoms with Gasteiger partial charge >= 0.3 is 6.16 Å². The van der Waals surface area contributed by atoms with Crippen molar-refractivity contribution in [1.29, 1.82) is 0 Å². The summed E-state index contributed by atoms with van der Waals surface area (Å²) < 4.78 is 9.56. The van der Waals surface area contributed by atoms with Gasteiger partial charge in [-0.3, -0.25) is 9.79 Å². The van der Waals surface area contributed by atoms with Gasteiger partial charge in [0.05, 0.1) is 13.2 Å². The number of hydrogen-bond acceptors (Lipinski definition) is 6. The first-order valence-electron chi connectivity index (χ1n) is 6.12. The lowest BCUT2D eigenvalue weighted by Crippen LogP contribution is -2.27. The van der Waals surface area contributed by atoms with E-state index >= 15 is 0 Å². The largest absolute Gasteiger partial charge is 0.513 e. The molecule has 1 N–H and O–H groups in total. The number of hydrogen-bond donors (Lipinski definition) is 1. The lowest BCUT2D eigenvalue weighted by Gasteiger charge is -2.06. The van der Waals surface area contributed by atoms with Gasteiger partial charge in [-0.05, 0) is 31.2 Å². The number of benzene rings is 1. The molecule has 0 radical (unpaired) electrons. The molecule has 1 aliphatic heterocycles. The summed E-state index contributed by atoms with van der Waals surface area (Å²) in [5, 5.41) is 3.36. The Labute approximate surface area is 120 Å². The van der Waals surface area contributed by atoms with E-state index in [0.29, 0.717) is 16.5 Å². The van der Waals surface area contributed by atoms with Gasteiger partial charge in [0.1, 0.15) is 5.75 Å². The van der Waals surface area contributed by atoms with E-state index in [2.05, 4.69) is 15.0 Å². The van der Waals surface area contributed by atoms with Crippen LogP contribution in [0.4, 0.5) is 4.79 Å². The van der Waals surface area contributed by atoms with Crippen LogP contribution in [0.3, 0.4) is 0 Å². The van der Waals surface area contributed by atoms with E-state index in [4.69, 9.17) is 4.74 Å². The number of carbonyl (C=O) groups is 2. The SMILES string of the molecule is CCOC(=O)Oc1ccc(C(=O)NC2=NCCS2)cc1. The van der Waals surface area contributed by atoms with Gasteiger partial charge in [0.25, 0.3) is 5.91 Å². The molecule has 1 aromatic rings. The number of nitrogens with zero attached hydrogens (tertiary/aromatic N) is 1. The highest BCUT2D eigenvalue weighted by molar-refractivity contribution is 8.14. The number of aliphatic imine (C=N–C) groups is 1. The molecule has 20 heavy (non-hydrogen) atoms. The quantitative estimate of drug-likeness (QED) is 0.682. The minimum atomic E-state index is -0.763. The van der Waals surface area contributed by atoms with Crippen molar-refractivity contribution in [3.8, 4) is 5.75 Å². The fraction of sp³-hybridized carbons (Fsp3) is 0.308. The molecule has 0 spiro atoms. The van der Waals surface area contributed by atoms with Crippen LogP contribution in [0.15, 0.2) is 29.3 Å². The summed E-state index contributed by atoms with van der Waals surface area (Å²) in [6, 6.07) is 6.22. The summed E-state index contributed by atoms with van der Waals surface area (Å²) in [6.07, 6.45) is -0.763. The third-order valence-corrected chi connectivity index (χ3v) is 3.28. The van der Waals surface area contributed by atoms with Crippen LogP contribution in [-0.4, -0.2) is 36.1 Å². The first kappa shape index (κ1) is 14.4. The smallest absolute Gasteiger partial charge is 0.434 e. The van der Waals surface area contributed by atoms with E-state index in [1.54, 1.807) is 19.1 Å². The summed E-state index contributed by atoms with van der Waals surface area (Å²) in [6.45, 7) is 2.67. The normalized spacial score (nSPS) is 13.6. The van der Waals surface area contributed by atoms with Crippen molar-refractivity contribution in [3.63, 3.8) is 0 Å². The number of amidine groups is 1. The molecule has 0 saturated carbocycles. The molecule has 0 bridgehead atoms. The monoisotopic (exact) mass is 294 g/mol. The van der Waals surface area contributed by atoms with Crippen LogP contribution < -0.4 is 10.1 Å². The van der Waals surface area contributed by atoms with Crippen molar-refractivity contribution in [2.75, 3.05) is 18.9 Å². The first-order chi connectivity index (χ1) is 9.69. The average Bonchev–Trinajstić information content (AvgIpc) is 2.92. The summed E-state index contributed by atoms with van der Waals surface area (Å²) in [5.41, 5.74) is 0.469. The van der Waals surface area contributed by atoms with Gasteiger partial charge in [-0.25, -0.2) is 4.79 Å². The van der Waals surface area contributed by atoms with Gasteiger partial charge in [0.2, 0.25) is 0 Å². The maximum Gasteiger partial charge on any atom is 0.513 e. The highest BCUT2D eigenvalue weighted by atomic mass is 32.2. The second-order valence-electron chi connectivity index (χ2n) is 3.80. The van der Waals surface area contributed by atoms with E-state index in [1.165, 1.54) is 23.9 Å². The van der Waals surface area contributed by atoms with Gasteiger partial charge < -0.3 is 14.8 Å². The Kier molecular flexibility index (Phi) is 5.00. The molecular formula is C13H14N2O4S. The van der Waals surface area contributed by atoms with Crippen LogP contribution in [0.25, 0.3) is 0 Å². The summed E-state index contributed by atoms with van der Waals surface area (Å²) >= 11 is 1.51. The fourth-order valence-electron chi connectivity index (χ4n) is 1.50. The van der Waals surface area contributed by atoms with Crippen LogP contribution in [0, 0.1) is 0 Å². The van der Waals surface area contributed by atoms with Crippen molar-refractivity contribution in [1.82, 2.24) is 5.32 Å². The van der Waals surface area contributed by atoms with E-state index in [9.17, 15) is 9.59 Å². The molecule has 6 nitrogen and oxygen atoms in total. The minimum Gasteiger partial charge on any atom is -0.434 e. The van der Waals surface area contributed by atoms with E-state index in [1.807, 2.05) is 0 Å². The second kappa shape index (κ2) is 6.95. The van der Waals surface area contributed by atoms with Gasteiger partial charge in [0.15, 0.2) is 5.17 Å². The number of nitrogens with one attached hydrogen (secondary N) is 1. The number of ether oxygens (including phenoxy) is 2. The molecular weight excluding hydrogens is 280 g/mol. The molecule has 0 atom stereocenters. The first-order valence-corrected chi connectivity index (χ1v) is 7.11. The lowest BCUT2D eigenvalue weighted by molar-refractivity contribution is 0.0978. The lowest BCUT2D eigenvalue weighted by atomic mass is 10.2. The Bertz CT molecular complexity index is 528. The van der Waals surface area contributed by atoms with Crippen LogP contribution in [0.1, 0.15) is 17.3 Å². The Morgan fingerprint density at radius 1 is 1.35 bits per heavy atom. The molecule has 0 saturated heterocycles. The molecule has 0 unspecified atom stereocenters. The second-order valence-corrected chi connectivity index (χ2v) is 4.88. The predicted octanol–water partition coefficient (Wildman–Crippen LogP) is 2.05. The zero-order chi connectivity index (χ0) is 14.4. The van der Waals surface area contributed by atoms with E-state index < -0.39 is 6.16 Å². The zero-order valence-corrected chi connectivity index (χ0v) is 11.7. The summed E-state index contributed by atoms with van der Waals surface area (Å²) in [4.78, 5) is 27.2. The highest BCUT2D eigenvalue weighted by Crippen LogP contribution is 2.14. The molecule has 106 valence electrons. The molecule has 0 aliphatic carbocycles. The van der Waals surface area contributed by atoms with E-state index in [-0.39, 0.29) is 12.5 Å². The number of rotatable bonds is 3. The Hall–Kier alpha value is -2.02. The van der Waals surface area contributed by atoms with Crippen molar-refractivity contribution < 1.29 is 19.1 Å². The van der Waals surface area contributed by atoms with Crippen LogP contribution in [0.2, 0.25) is 0 Å². The minimum absolute atomic E-state index is 0.235. The van der Waals surface area contributed by atoms with Crippen LogP contribution >= 0.6 is 11.8 Å². The van der Waals surface area contributed by atoms with Gasteiger partial charge in [-0.15, -0.1) is 0 Å². The molecule has 0 aromatic heterocycles. The number of amides is 1. The molecule has 1 amide bonds. The zero-order valence-electron chi connectivity index (χ0n) is 10.9. The van der Waals surface area contributed by atoms with Crippen molar-refractivity contribution in [2.45, 2.75) is 6.92 Å². The molecule has 7 heteroatoms. The molecule has 1 aliphatic rings. The summed E-state index contributed by atoms with van der Waals surface area (Å²) in [5.74, 6) is 0.982. The van der Waals surface area contributed by atoms with Gasteiger partial charge in [-0.2, -0.15) is 0 Å². The predicted molar refractivity (Wildman–Crippen MR) is 76.3 cm³/mol. The van der Waals surface area contributed by atoms with E-state index in [0.717, 1.165) is 12.3 Å². The molecule has 1 heterocycles. The molecule has 1 aromatic carbocycles. The fourth-order valence-corrected chi connectivity index (χ4v) is 2.22. The van der Waals surface area contributed by atoms with Crippen LogP contribution in [-0.2, 0) is 4.74 Å². The Morgan fingerprint density at radius 2 is 2.10 bits per heavy atom. The summed E-state index contributed by atoms with van der Waals surface area (Å²) in [7, 11) is 0. The highest BCUT2D eigenvalue weighted by Gasteiger charge is 2.13.